The molecule has 0 aromatic carbocycles. The fraction of sp³-hybridized carbons (Fsp3) is 0.769. The molecule has 0 radical (unpaired) electrons. The van der Waals surface area contributed by atoms with Gasteiger partial charge in [-0.2, -0.15) is 0 Å². The van der Waals surface area contributed by atoms with E-state index in [0.717, 1.165) is 31.5 Å². The Bertz CT molecular complexity index is 387. The van der Waals surface area contributed by atoms with Crippen LogP contribution in [0, 0.1) is 11.8 Å². The second kappa shape index (κ2) is 4.33. The van der Waals surface area contributed by atoms with Crippen molar-refractivity contribution < 1.29 is 0 Å². The smallest absolute Gasteiger partial charge is 0.205 e. The van der Waals surface area contributed by atoms with Crippen molar-refractivity contribution in [2.45, 2.75) is 38.8 Å². The lowest BCUT2D eigenvalue weighted by molar-refractivity contribution is 0.260. The minimum absolute atomic E-state index is 0.406. The molecule has 1 saturated heterocycles. The van der Waals surface area contributed by atoms with Crippen LogP contribution in [0.15, 0.2) is 12.4 Å². The van der Waals surface area contributed by atoms with Gasteiger partial charge in [-0.1, -0.05) is 6.42 Å². The van der Waals surface area contributed by atoms with Crippen LogP contribution in [0.3, 0.4) is 0 Å². The Morgan fingerprint density at radius 1 is 1.41 bits per heavy atom. The number of fused-ring (bicyclic) bond motifs is 1. The van der Waals surface area contributed by atoms with Crippen LogP contribution in [0.4, 0.5) is 5.95 Å². The van der Waals surface area contributed by atoms with Crippen molar-refractivity contribution in [3.63, 3.8) is 0 Å². The molecule has 3 unspecified atom stereocenters. The van der Waals surface area contributed by atoms with Crippen molar-refractivity contribution in [2.24, 2.45) is 17.6 Å². The van der Waals surface area contributed by atoms with E-state index in [4.69, 9.17) is 5.73 Å². The van der Waals surface area contributed by atoms with E-state index in [1.807, 2.05) is 6.20 Å². The quantitative estimate of drug-likeness (QED) is 0.843. The van der Waals surface area contributed by atoms with Crippen molar-refractivity contribution in [3.8, 4) is 0 Å². The summed E-state index contributed by atoms with van der Waals surface area (Å²) in [5, 5.41) is 0. The molecule has 1 aromatic rings. The van der Waals surface area contributed by atoms with Gasteiger partial charge in [0.2, 0.25) is 5.95 Å². The highest BCUT2D eigenvalue weighted by Gasteiger charge is 2.39. The van der Waals surface area contributed by atoms with Gasteiger partial charge in [-0.05, 0) is 31.6 Å². The van der Waals surface area contributed by atoms with Gasteiger partial charge in [-0.3, -0.25) is 0 Å². The van der Waals surface area contributed by atoms with Gasteiger partial charge in [0, 0.05) is 38.1 Å². The summed E-state index contributed by atoms with van der Waals surface area (Å²) in [6.45, 7) is 5.41. The maximum Gasteiger partial charge on any atom is 0.205 e. The van der Waals surface area contributed by atoms with Crippen LogP contribution in [0.25, 0.3) is 0 Å². The second-order valence-corrected chi connectivity index (χ2v) is 5.44. The summed E-state index contributed by atoms with van der Waals surface area (Å²) in [6.07, 6.45) is 7.83. The number of anilines is 1. The zero-order chi connectivity index (χ0) is 11.8. The summed E-state index contributed by atoms with van der Waals surface area (Å²) in [7, 11) is 0. The van der Waals surface area contributed by atoms with Crippen molar-refractivity contribution in [2.75, 3.05) is 18.0 Å². The van der Waals surface area contributed by atoms with Crippen molar-refractivity contribution in [1.82, 2.24) is 9.55 Å². The molecule has 4 heteroatoms. The van der Waals surface area contributed by atoms with E-state index in [0.29, 0.717) is 12.0 Å². The van der Waals surface area contributed by atoms with E-state index in [9.17, 15) is 0 Å². The average Bonchev–Trinajstić information content (AvgIpc) is 2.94. The topological polar surface area (TPSA) is 47.1 Å². The van der Waals surface area contributed by atoms with Crippen LogP contribution in [0.2, 0.25) is 0 Å². The highest BCUT2D eigenvalue weighted by atomic mass is 15.3. The third-order valence-electron chi connectivity index (χ3n) is 4.47. The molecule has 0 amide bonds. The normalized spacial score (nSPS) is 32.8. The number of nitrogens with zero attached hydrogens (tertiary/aromatic N) is 3. The average molecular weight is 234 g/mol. The minimum atomic E-state index is 0.406. The van der Waals surface area contributed by atoms with Gasteiger partial charge in [0.1, 0.15) is 0 Å². The third kappa shape index (κ3) is 1.84. The molecular formula is C13H22N4. The predicted molar refractivity (Wildman–Crippen MR) is 68.9 cm³/mol. The fourth-order valence-electron chi connectivity index (χ4n) is 3.51. The zero-order valence-corrected chi connectivity index (χ0v) is 10.5. The molecule has 2 N–H and O–H groups in total. The zero-order valence-electron chi connectivity index (χ0n) is 10.5. The third-order valence-corrected chi connectivity index (χ3v) is 4.47. The molecule has 2 heterocycles. The standard InChI is InChI=1S/C13H22N4/c1-2-16-7-6-15-13(16)17-8-10-4-3-5-12(14)11(10)9-17/h6-7,10-12H,2-5,8-9,14H2,1H3. The van der Waals surface area contributed by atoms with Crippen LogP contribution >= 0.6 is 0 Å². The van der Waals surface area contributed by atoms with E-state index >= 15 is 0 Å². The first kappa shape index (κ1) is 11.1. The van der Waals surface area contributed by atoms with Crippen molar-refractivity contribution in [3.05, 3.63) is 12.4 Å². The molecule has 17 heavy (non-hydrogen) atoms. The summed E-state index contributed by atoms with van der Waals surface area (Å²) in [4.78, 5) is 6.93. The first-order chi connectivity index (χ1) is 8.29. The molecule has 0 spiro atoms. The first-order valence-corrected chi connectivity index (χ1v) is 6.81. The van der Waals surface area contributed by atoms with Crippen molar-refractivity contribution >= 4 is 5.95 Å². The Morgan fingerprint density at radius 3 is 3.06 bits per heavy atom. The Kier molecular flexibility index (Phi) is 2.82. The molecule has 3 atom stereocenters. The number of hydrogen-bond acceptors (Lipinski definition) is 3. The lowest BCUT2D eigenvalue weighted by Crippen LogP contribution is -2.38. The molecule has 1 aromatic heterocycles. The van der Waals surface area contributed by atoms with E-state index in [1.165, 1.54) is 19.3 Å². The van der Waals surface area contributed by atoms with E-state index in [2.05, 4.69) is 27.6 Å². The summed E-state index contributed by atoms with van der Waals surface area (Å²) >= 11 is 0. The van der Waals surface area contributed by atoms with E-state index in [1.54, 1.807) is 0 Å². The van der Waals surface area contributed by atoms with Gasteiger partial charge < -0.3 is 15.2 Å². The largest absolute Gasteiger partial charge is 0.342 e. The Morgan fingerprint density at radius 2 is 2.29 bits per heavy atom. The molecule has 1 saturated carbocycles. The van der Waals surface area contributed by atoms with Gasteiger partial charge in [-0.15, -0.1) is 0 Å². The molecule has 1 aliphatic carbocycles. The second-order valence-electron chi connectivity index (χ2n) is 5.44. The predicted octanol–water partition coefficient (Wildman–Crippen LogP) is 1.47. The van der Waals surface area contributed by atoms with Gasteiger partial charge in [0.25, 0.3) is 0 Å². The molecule has 1 aliphatic heterocycles. The number of imidazole rings is 1. The van der Waals surface area contributed by atoms with Gasteiger partial charge in [0.05, 0.1) is 0 Å². The van der Waals surface area contributed by atoms with Crippen LogP contribution < -0.4 is 10.6 Å². The molecule has 0 bridgehead atoms. The summed E-state index contributed by atoms with van der Waals surface area (Å²) in [6, 6.07) is 0.406. The van der Waals surface area contributed by atoms with Gasteiger partial charge >= 0.3 is 0 Å². The highest BCUT2D eigenvalue weighted by Crippen LogP contribution is 2.37. The molecule has 4 nitrogen and oxygen atoms in total. The Labute approximate surface area is 103 Å². The maximum atomic E-state index is 6.25. The summed E-state index contributed by atoms with van der Waals surface area (Å²) in [5.74, 6) is 2.61. The van der Waals surface area contributed by atoms with Gasteiger partial charge in [0.15, 0.2) is 0 Å². The first-order valence-electron chi connectivity index (χ1n) is 6.81. The Hall–Kier alpha value is -1.03. The SMILES string of the molecule is CCn1ccnc1N1CC2CCCC(N)C2C1. The van der Waals surface area contributed by atoms with Crippen LogP contribution in [0.1, 0.15) is 26.2 Å². The number of hydrogen-bond donors (Lipinski definition) is 1. The maximum absolute atomic E-state index is 6.25. The number of aryl methyl sites for hydroxylation is 1. The molecular weight excluding hydrogens is 212 g/mol. The van der Waals surface area contributed by atoms with Crippen LogP contribution in [-0.4, -0.2) is 28.7 Å². The summed E-state index contributed by atoms with van der Waals surface area (Å²) < 4.78 is 2.23. The molecule has 3 rings (SSSR count). The molecule has 2 aliphatic rings. The fourth-order valence-corrected chi connectivity index (χ4v) is 3.51. The van der Waals surface area contributed by atoms with Gasteiger partial charge in [-0.25, -0.2) is 4.98 Å². The van der Waals surface area contributed by atoms with Crippen LogP contribution in [0.5, 0.6) is 0 Å². The number of nitrogens with two attached hydrogens (primary N) is 1. The number of aromatic nitrogens is 2. The lowest BCUT2D eigenvalue weighted by atomic mass is 9.78. The monoisotopic (exact) mass is 234 g/mol. The van der Waals surface area contributed by atoms with Crippen LogP contribution in [-0.2, 0) is 6.54 Å². The van der Waals surface area contributed by atoms with E-state index < -0.39 is 0 Å². The molecule has 94 valence electrons. The van der Waals surface area contributed by atoms with E-state index in [-0.39, 0.29) is 0 Å². The molecule has 2 fully saturated rings. The highest BCUT2D eigenvalue weighted by molar-refractivity contribution is 5.34. The van der Waals surface area contributed by atoms with Crippen molar-refractivity contribution in [1.29, 1.82) is 0 Å². The lowest BCUT2D eigenvalue weighted by Gasteiger charge is -2.29. The minimum Gasteiger partial charge on any atom is -0.342 e. The Balaban J connectivity index is 1.79. The summed E-state index contributed by atoms with van der Waals surface area (Å²) in [5.41, 5.74) is 6.25. The number of rotatable bonds is 2.